The van der Waals surface area contributed by atoms with E-state index in [1.165, 1.54) is 6.21 Å². The molecule has 0 fully saturated rings. The van der Waals surface area contributed by atoms with E-state index in [0.29, 0.717) is 0 Å². The van der Waals surface area contributed by atoms with Gasteiger partial charge in [-0.25, -0.2) is 9.98 Å². The summed E-state index contributed by atoms with van der Waals surface area (Å²) in [6, 6.07) is 17.2. The topological polar surface area (TPSA) is 120 Å². The first-order valence-electron chi connectivity index (χ1n) is 7.44. The van der Waals surface area contributed by atoms with Crippen molar-refractivity contribution in [2.75, 3.05) is 0 Å². The van der Waals surface area contributed by atoms with Gasteiger partial charge in [0.25, 0.3) is 0 Å². The molecule has 1 aliphatic rings. The van der Waals surface area contributed by atoms with Crippen LogP contribution in [0.1, 0.15) is 5.56 Å². The molecule has 4 N–H and O–H groups in total. The average Bonchev–Trinajstić information content (AvgIpc) is 2.58. The van der Waals surface area contributed by atoms with Gasteiger partial charge < -0.3 is 5.73 Å². The summed E-state index contributed by atoms with van der Waals surface area (Å²) in [6.07, 6.45) is 0.376. The normalized spacial score (nSPS) is 22.9. The zero-order valence-electron chi connectivity index (χ0n) is 12.9. The van der Waals surface area contributed by atoms with Crippen LogP contribution >= 0.6 is 0 Å². The molecule has 2 aromatic carbocycles. The van der Waals surface area contributed by atoms with Gasteiger partial charge in [0, 0.05) is 4.92 Å². The Kier molecular flexibility index (Phi) is 4.09. The van der Waals surface area contributed by atoms with Crippen molar-refractivity contribution in [2.45, 2.75) is 18.2 Å². The first-order valence-corrected chi connectivity index (χ1v) is 7.44. The highest BCUT2D eigenvalue weighted by atomic mass is 16.6. The Bertz CT molecular complexity index is 819. The third-order valence-electron chi connectivity index (χ3n) is 4.04. The van der Waals surface area contributed by atoms with E-state index >= 15 is 0 Å². The van der Waals surface area contributed by atoms with Gasteiger partial charge in [-0.1, -0.05) is 54.6 Å². The number of rotatable bonds is 4. The molecule has 2 atom stereocenters. The van der Waals surface area contributed by atoms with E-state index in [0.717, 1.165) is 16.7 Å². The van der Waals surface area contributed by atoms with Gasteiger partial charge in [0.15, 0.2) is 12.1 Å². The molecule has 0 amide bonds. The molecule has 0 spiro atoms. The van der Waals surface area contributed by atoms with Gasteiger partial charge in [0.2, 0.25) is 0 Å². The SMILES string of the molecule is NC1=NC(N)N=CC1(Cc1ccccc1-c1ccccc1)[N+](=O)[O-]. The Balaban J connectivity index is 2.06. The number of amidine groups is 1. The van der Waals surface area contributed by atoms with Gasteiger partial charge >= 0.3 is 5.54 Å². The van der Waals surface area contributed by atoms with Crippen molar-refractivity contribution < 1.29 is 4.92 Å². The Labute approximate surface area is 138 Å². The lowest BCUT2D eigenvalue weighted by molar-refractivity contribution is -0.524. The second-order valence-corrected chi connectivity index (χ2v) is 5.59. The fraction of sp³-hybridized carbons (Fsp3) is 0.176. The van der Waals surface area contributed by atoms with E-state index in [-0.39, 0.29) is 12.3 Å². The zero-order chi connectivity index (χ0) is 17.2. The summed E-state index contributed by atoms with van der Waals surface area (Å²) in [5.74, 6) is -0.127. The van der Waals surface area contributed by atoms with Crippen LogP contribution in [0.25, 0.3) is 11.1 Å². The number of benzene rings is 2. The van der Waals surface area contributed by atoms with E-state index in [1.807, 2.05) is 54.6 Å². The Morgan fingerprint density at radius 2 is 1.79 bits per heavy atom. The fourth-order valence-corrected chi connectivity index (χ4v) is 2.76. The number of hydrogen-bond acceptors (Lipinski definition) is 6. The van der Waals surface area contributed by atoms with E-state index in [2.05, 4.69) is 9.98 Å². The van der Waals surface area contributed by atoms with E-state index in [4.69, 9.17) is 11.5 Å². The quantitative estimate of drug-likeness (QED) is 0.655. The van der Waals surface area contributed by atoms with Crippen molar-refractivity contribution >= 4 is 12.1 Å². The maximum atomic E-state index is 11.8. The van der Waals surface area contributed by atoms with E-state index in [1.54, 1.807) is 0 Å². The smallest absolute Gasteiger partial charge is 0.316 e. The standard InChI is InChI=1S/C17H17N5O2/c18-15-17(22(23)24,11-20-16(19)21-15)10-13-8-4-5-9-14(13)12-6-2-1-3-7-12/h1-9,11,16H,10,19H2,(H2,18,21). The summed E-state index contributed by atoms with van der Waals surface area (Å²) in [5, 5.41) is 11.8. The predicted octanol–water partition coefficient (Wildman–Crippen LogP) is 1.60. The van der Waals surface area contributed by atoms with Crippen LogP contribution in [0.5, 0.6) is 0 Å². The summed E-state index contributed by atoms with van der Waals surface area (Å²) >= 11 is 0. The van der Waals surface area contributed by atoms with Crippen LogP contribution in [-0.2, 0) is 6.42 Å². The molecular weight excluding hydrogens is 306 g/mol. The van der Waals surface area contributed by atoms with Gasteiger partial charge in [-0.15, -0.1) is 0 Å². The van der Waals surface area contributed by atoms with Crippen molar-refractivity contribution in [1.82, 2.24) is 0 Å². The number of hydrogen-bond donors (Lipinski definition) is 2. The molecule has 1 heterocycles. The molecule has 122 valence electrons. The molecule has 0 aromatic heterocycles. The number of nitrogens with two attached hydrogens (primary N) is 2. The minimum Gasteiger partial charge on any atom is -0.381 e. The van der Waals surface area contributed by atoms with Crippen molar-refractivity contribution in [3.63, 3.8) is 0 Å². The van der Waals surface area contributed by atoms with E-state index in [9.17, 15) is 10.1 Å². The first kappa shape index (κ1) is 15.8. The van der Waals surface area contributed by atoms with Crippen LogP contribution in [0.2, 0.25) is 0 Å². The molecule has 0 saturated heterocycles. The lowest BCUT2D eigenvalue weighted by Crippen LogP contribution is -2.56. The monoisotopic (exact) mass is 323 g/mol. The molecule has 7 heteroatoms. The van der Waals surface area contributed by atoms with Crippen LogP contribution in [0, 0.1) is 10.1 Å². The highest BCUT2D eigenvalue weighted by Crippen LogP contribution is 2.28. The predicted molar refractivity (Wildman–Crippen MR) is 93.4 cm³/mol. The summed E-state index contributed by atoms with van der Waals surface area (Å²) in [5.41, 5.74) is 12.5. The molecule has 7 nitrogen and oxygen atoms in total. The minimum absolute atomic E-state index is 0.0522. The second kappa shape index (κ2) is 6.21. The third kappa shape index (κ3) is 2.77. The molecule has 24 heavy (non-hydrogen) atoms. The van der Waals surface area contributed by atoms with Crippen LogP contribution in [-0.4, -0.2) is 28.8 Å². The number of aliphatic imine (C=N–C) groups is 2. The average molecular weight is 323 g/mol. The van der Waals surface area contributed by atoms with Crippen molar-refractivity contribution in [2.24, 2.45) is 21.5 Å². The van der Waals surface area contributed by atoms with Crippen molar-refractivity contribution in [3.05, 3.63) is 70.3 Å². The van der Waals surface area contributed by atoms with Crippen LogP contribution < -0.4 is 11.5 Å². The van der Waals surface area contributed by atoms with Crippen LogP contribution in [0.4, 0.5) is 0 Å². The van der Waals surface area contributed by atoms with Gasteiger partial charge in [-0.3, -0.25) is 15.8 Å². The maximum Gasteiger partial charge on any atom is 0.316 e. The van der Waals surface area contributed by atoms with Crippen molar-refractivity contribution in [1.29, 1.82) is 0 Å². The third-order valence-corrected chi connectivity index (χ3v) is 4.04. The maximum absolute atomic E-state index is 11.8. The molecule has 2 aromatic rings. The second-order valence-electron chi connectivity index (χ2n) is 5.59. The van der Waals surface area contributed by atoms with Crippen molar-refractivity contribution in [3.8, 4) is 11.1 Å². The van der Waals surface area contributed by atoms with E-state index < -0.39 is 16.8 Å². The Morgan fingerprint density at radius 1 is 1.12 bits per heavy atom. The summed E-state index contributed by atoms with van der Waals surface area (Å²) in [4.78, 5) is 19.1. The molecule has 0 aliphatic carbocycles. The number of nitrogens with zero attached hydrogens (tertiary/aromatic N) is 3. The zero-order valence-corrected chi connectivity index (χ0v) is 12.9. The minimum atomic E-state index is -1.68. The largest absolute Gasteiger partial charge is 0.381 e. The van der Waals surface area contributed by atoms with Crippen LogP contribution in [0.3, 0.4) is 0 Å². The summed E-state index contributed by atoms with van der Waals surface area (Å²) < 4.78 is 0. The van der Waals surface area contributed by atoms with Gasteiger partial charge in [0.1, 0.15) is 0 Å². The summed E-state index contributed by atoms with van der Waals surface area (Å²) in [6.45, 7) is 0. The Hall–Kier alpha value is -3.06. The molecule has 0 radical (unpaired) electrons. The van der Waals surface area contributed by atoms with Crippen LogP contribution in [0.15, 0.2) is 64.6 Å². The molecule has 3 rings (SSSR count). The lowest BCUT2D eigenvalue weighted by atomic mass is 9.86. The fourth-order valence-electron chi connectivity index (χ4n) is 2.76. The lowest BCUT2D eigenvalue weighted by Gasteiger charge is -2.25. The molecule has 0 saturated carbocycles. The molecule has 0 bridgehead atoms. The highest BCUT2D eigenvalue weighted by molar-refractivity contribution is 6.05. The highest BCUT2D eigenvalue weighted by Gasteiger charge is 2.48. The van der Waals surface area contributed by atoms with Gasteiger partial charge in [0.05, 0.1) is 12.6 Å². The van der Waals surface area contributed by atoms with Gasteiger partial charge in [-0.05, 0) is 16.7 Å². The number of nitro groups is 1. The Morgan fingerprint density at radius 3 is 2.46 bits per heavy atom. The molecular formula is C17H17N5O2. The van der Waals surface area contributed by atoms with Gasteiger partial charge in [-0.2, -0.15) is 0 Å². The molecule has 1 aliphatic heterocycles. The summed E-state index contributed by atoms with van der Waals surface area (Å²) in [7, 11) is 0. The first-order chi connectivity index (χ1) is 11.5. The molecule has 2 unspecified atom stereocenters.